The minimum absolute atomic E-state index is 0.00907. The Morgan fingerprint density at radius 3 is 2.31 bits per heavy atom. The number of hydrogen-bond acceptors (Lipinski definition) is 5. The van der Waals surface area contributed by atoms with Crippen LogP contribution in [0.25, 0.3) is 5.76 Å². The minimum atomic E-state index is -0.961. The normalized spacial score (nSPS) is 18.5. The molecule has 1 fully saturated rings. The van der Waals surface area contributed by atoms with Gasteiger partial charge in [0.15, 0.2) is 0 Å². The smallest absolute Gasteiger partial charge is 0.307 e. The average Bonchev–Trinajstić information content (AvgIpc) is 3.18. The van der Waals surface area contributed by atoms with Crippen molar-refractivity contribution in [3.05, 3.63) is 100 Å². The molecule has 0 bridgehead atoms. The van der Waals surface area contributed by atoms with Crippen LogP contribution < -0.4 is 9.64 Å². The van der Waals surface area contributed by atoms with Crippen molar-refractivity contribution < 1.29 is 29.3 Å². The van der Waals surface area contributed by atoms with Gasteiger partial charge in [0.25, 0.3) is 11.7 Å². The molecule has 39 heavy (non-hydrogen) atoms. The van der Waals surface area contributed by atoms with Gasteiger partial charge in [-0.05, 0) is 70.8 Å². The van der Waals surface area contributed by atoms with Crippen molar-refractivity contribution in [3.8, 4) is 5.75 Å². The van der Waals surface area contributed by atoms with Gasteiger partial charge in [0.05, 0.1) is 24.6 Å². The lowest BCUT2D eigenvalue weighted by atomic mass is 9.85. The van der Waals surface area contributed by atoms with Gasteiger partial charge in [-0.2, -0.15) is 0 Å². The first-order valence-electron chi connectivity index (χ1n) is 13.0. The first-order valence-corrected chi connectivity index (χ1v) is 13.0. The molecular weight excluding hydrogens is 494 g/mol. The van der Waals surface area contributed by atoms with Crippen molar-refractivity contribution in [2.45, 2.75) is 51.5 Å². The Bertz CT molecular complexity index is 1480. The summed E-state index contributed by atoms with van der Waals surface area (Å²) in [6.07, 6.45) is 1.50. The molecule has 3 aromatic carbocycles. The summed E-state index contributed by atoms with van der Waals surface area (Å²) < 4.78 is 5.70. The Morgan fingerprint density at radius 1 is 0.974 bits per heavy atom. The second-order valence-electron chi connectivity index (χ2n) is 11.1. The third-order valence-electron chi connectivity index (χ3n) is 7.29. The van der Waals surface area contributed by atoms with Crippen LogP contribution >= 0.6 is 0 Å². The van der Waals surface area contributed by atoms with Crippen molar-refractivity contribution in [3.63, 3.8) is 0 Å². The number of ether oxygens (including phenoxy) is 1. The first kappa shape index (κ1) is 26.2. The molecule has 1 unspecified atom stereocenters. The summed E-state index contributed by atoms with van der Waals surface area (Å²) >= 11 is 0. The van der Waals surface area contributed by atoms with E-state index in [2.05, 4.69) is 20.8 Å². The fraction of sp³-hybridized carbons (Fsp3) is 0.281. The summed E-state index contributed by atoms with van der Waals surface area (Å²) in [5.74, 6) is -1.97. The van der Waals surface area contributed by atoms with Gasteiger partial charge in [-0.25, -0.2) is 0 Å². The number of Topliss-reactive ketones (excluding diaryl/α,β-unsaturated/α-hetero) is 1. The lowest BCUT2D eigenvalue weighted by molar-refractivity contribution is -0.136. The zero-order valence-electron chi connectivity index (χ0n) is 22.2. The summed E-state index contributed by atoms with van der Waals surface area (Å²) in [5, 5.41) is 20.6. The maximum absolute atomic E-state index is 13.5. The van der Waals surface area contributed by atoms with E-state index >= 15 is 0 Å². The van der Waals surface area contributed by atoms with E-state index in [1.165, 1.54) is 4.90 Å². The van der Waals surface area contributed by atoms with Crippen LogP contribution in [0, 0.1) is 0 Å². The van der Waals surface area contributed by atoms with Crippen LogP contribution in [0.5, 0.6) is 5.75 Å². The maximum Gasteiger partial charge on any atom is 0.307 e. The lowest BCUT2D eigenvalue weighted by Crippen LogP contribution is -2.29. The second kappa shape index (κ2) is 10.1. The highest BCUT2D eigenvalue weighted by Gasteiger charge is 2.47. The average molecular weight is 526 g/mol. The molecule has 0 aromatic heterocycles. The van der Waals surface area contributed by atoms with Crippen molar-refractivity contribution in [1.82, 2.24) is 0 Å². The number of aryl methyl sites for hydroxylation is 1. The van der Waals surface area contributed by atoms with Crippen LogP contribution in [0.2, 0.25) is 0 Å². The van der Waals surface area contributed by atoms with E-state index in [1.807, 2.05) is 30.3 Å². The molecule has 2 aliphatic heterocycles. The zero-order chi connectivity index (χ0) is 27.9. The summed E-state index contributed by atoms with van der Waals surface area (Å²) in [5.41, 5.74) is 4.10. The SMILES string of the molecule is CC(C)(C)c1ccc(C2/C(=C(/O)c3ccc4c(c3)CCCO4)C(=O)C(=O)N2c2ccc(CC(=O)O)cc2)cc1. The molecule has 2 heterocycles. The van der Waals surface area contributed by atoms with Gasteiger partial charge in [0.1, 0.15) is 11.5 Å². The minimum Gasteiger partial charge on any atom is -0.507 e. The Labute approximate surface area is 227 Å². The molecule has 3 aromatic rings. The molecule has 0 saturated carbocycles. The molecule has 200 valence electrons. The van der Waals surface area contributed by atoms with E-state index in [-0.39, 0.29) is 23.2 Å². The third-order valence-corrected chi connectivity index (χ3v) is 7.29. The predicted octanol–water partition coefficient (Wildman–Crippen LogP) is 5.56. The first-order chi connectivity index (χ1) is 18.5. The van der Waals surface area contributed by atoms with E-state index in [1.54, 1.807) is 36.4 Å². The molecule has 2 N–H and O–H groups in total. The zero-order valence-corrected chi connectivity index (χ0v) is 22.2. The van der Waals surface area contributed by atoms with E-state index in [0.29, 0.717) is 29.0 Å². The standard InChI is InChI=1S/C32H31NO6/c1-32(2,3)23-11-8-20(9-12-23)28-27(29(36)22-10-15-25-21(18-22)5-4-16-39-25)30(37)31(38)33(28)24-13-6-19(7-14-24)17-26(34)35/h6-15,18,28,36H,4-5,16-17H2,1-3H3,(H,34,35)/b29-27-. The molecule has 0 radical (unpaired) electrons. The van der Waals surface area contributed by atoms with Crippen molar-refractivity contribution in [1.29, 1.82) is 0 Å². The highest BCUT2D eigenvalue weighted by atomic mass is 16.5. The number of fused-ring (bicyclic) bond motifs is 1. The molecule has 1 atom stereocenters. The lowest BCUT2D eigenvalue weighted by Gasteiger charge is -2.27. The van der Waals surface area contributed by atoms with Crippen LogP contribution in [0.15, 0.2) is 72.3 Å². The van der Waals surface area contributed by atoms with Crippen LogP contribution in [0.3, 0.4) is 0 Å². The number of aliphatic carboxylic acids is 1. The monoisotopic (exact) mass is 525 g/mol. The highest BCUT2D eigenvalue weighted by molar-refractivity contribution is 6.51. The van der Waals surface area contributed by atoms with Gasteiger partial charge in [-0.15, -0.1) is 0 Å². The Morgan fingerprint density at radius 2 is 1.67 bits per heavy atom. The third kappa shape index (κ3) is 5.04. The van der Waals surface area contributed by atoms with Gasteiger partial charge in [0.2, 0.25) is 0 Å². The fourth-order valence-electron chi connectivity index (χ4n) is 5.19. The number of carboxylic acid groups (broad SMARTS) is 1. The quantitative estimate of drug-likeness (QED) is 0.257. The van der Waals surface area contributed by atoms with Crippen LogP contribution in [-0.4, -0.2) is 34.5 Å². The number of anilines is 1. The largest absolute Gasteiger partial charge is 0.507 e. The van der Waals surface area contributed by atoms with Crippen LogP contribution in [0.1, 0.15) is 61.1 Å². The Balaban J connectivity index is 1.64. The number of aliphatic hydroxyl groups excluding tert-OH is 1. The van der Waals surface area contributed by atoms with E-state index < -0.39 is 23.7 Å². The predicted molar refractivity (Wildman–Crippen MR) is 148 cm³/mol. The van der Waals surface area contributed by atoms with Gasteiger partial charge in [0, 0.05) is 11.3 Å². The number of benzene rings is 3. The van der Waals surface area contributed by atoms with Crippen molar-refractivity contribution in [2.24, 2.45) is 0 Å². The molecule has 7 heteroatoms. The summed E-state index contributed by atoms with van der Waals surface area (Å²) in [6.45, 7) is 6.95. The summed E-state index contributed by atoms with van der Waals surface area (Å²) in [7, 11) is 0. The number of rotatable bonds is 5. The van der Waals surface area contributed by atoms with Gasteiger partial charge < -0.3 is 14.9 Å². The fourth-order valence-corrected chi connectivity index (χ4v) is 5.19. The second-order valence-corrected chi connectivity index (χ2v) is 11.1. The Hall–Kier alpha value is -4.39. The molecule has 0 spiro atoms. The van der Waals surface area contributed by atoms with E-state index in [4.69, 9.17) is 9.84 Å². The molecule has 1 saturated heterocycles. The number of carbonyl (C=O) groups excluding carboxylic acids is 2. The number of aliphatic hydroxyl groups is 1. The summed E-state index contributed by atoms with van der Waals surface area (Å²) in [4.78, 5) is 39.5. The number of ketones is 1. The molecule has 5 rings (SSSR count). The summed E-state index contributed by atoms with van der Waals surface area (Å²) in [6, 6.07) is 18.7. The van der Waals surface area contributed by atoms with Crippen molar-refractivity contribution in [2.75, 3.05) is 11.5 Å². The maximum atomic E-state index is 13.5. The van der Waals surface area contributed by atoms with E-state index in [0.717, 1.165) is 29.7 Å². The van der Waals surface area contributed by atoms with Crippen molar-refractivity contribution >= 4 is 29.1 Å². The Kier molecular flexibility index (Phi) is 6.76. The van der Waals surface area contributed by atoms with Crippen LogP contribution in [0.4, 0.5) is 5.69 Å². The topological polar surface area (TPSA) is 104 Å². The van der Waals surface area contributed by atoms with Crippen LogP contribution in [-0.2, 0) is 32.6 Å². The molecule has 2 aliphatic rings. The molecular formula is C32H31NO6. The highest BCUT2D eigenvalue weighted by Crippen LogP contribution is 2.43. The molecule has 0 aliphatic carbocycles. The number of amides is 1. The number of carbonyl (C=O) groups is 3. The number of nitrogens with zero attached hydrogens (tertiary/aromatic N) is 1. The van der Waals surface area contributed by atoms with Gasteiger partial charge >= 0.3 is 5.97 Å². The number of hydrogen-bond donors (Lipinski definition) is 2. The molecule has 1 amide bonds. The molecule has 7 nitrogen and oxygen atoms in total. The van der Waals surface area contributed by atoms with Gasteiger partial charge in [-0.1, -0.05) is 57.2 Å². The van der Waals surface area contributed by atoms with E-state index in [9.17, 15) is 19.5 Å². The van der Waals surface area contributed by atoms with Gasteiger partial charge in [-0.3, -0.25) is 19.3 Å². The number of carboxylic acids is 1.